The number of primary amides is 1. The highest BCUT2D eigenvalue weighted by molar-refractivity contribution is 7.93. The Morgan fingerprint density at radius 3 is 2.33 bits per heavy atom. The van der Waals surface area contributed by atoms with Crippen LogP contribution in [0.4, 0.5) is 5.69 Å². The number of aryl methyl sites for hydroxylation is 1. The number of anilines is 1. The summed E-state index contributed by atoms with van der Waals surface area (Å²) in [5.41, 5.74) is 6.48. The Morgan fingerprint density at radius 2 is 1.75 bits per heavy atom. The van der Waals surface area contributed by atoms with Crippen molar-refractivity contribution in [3.05, 3.63) is 57.1 Å². The predicted molar refractivity (Wildman–Crippen MR) is 96.5 cm³/mol. The number of para-hydroxylation sites is 1. The normalized spacial score (nSPS) is 11.4. The Bertz CT molecular complexity index is 901. The minimum atomic E-state index is -4.05. The SMILES string of the molecule is Cc1cc(Cl)c(C)c(S(=O)(=O)N(C)c2ccccc2C(N)=O)c1Cl. The number of sulfonamides is 1. The molecule has 2 aromatic carbocycles. The highest BCUT2D eigenvalue weighted by Crippen LogP contribution is 2.36. The number of hydrogen-bond donors (Lipinski definition) is 1. The fourth-order valence-electron chi connectivity index (χ4n) is 2.34. The fourth-order valence-corrected chi connectivity index (χ4v) is 4.72. The summed E-state index contributed by atoms with van der Waals surface area (Å²) in [6.45, 7) is 3.25. The number of nitrogens with zero attached hydrogens (tertiary/aromatic N) is 1. The maximum atomic E-state index is 13.1. The molecule has 0 heterocycles. The molecule has 2 N–H and O–H groups in total. The van der Waals surface area contributed by atoms with E-state index in [0.29, 0.717) is 16.1 Å². The molecule has 0 radical (unpaired) electrons. The van der Waals surface area contributed by atoms with E-state index in [2.05, 4.69) is 0 Å². The maximum Gasteiger partial charge on any atom is 0.265 e. The van der Waals surface area contributed by atoms with Crippen molar-refractivity contribution in [2.45, 2.75) is 18.7 Å². The Hall–Kier alpha value is -1.76. The molecular formula is C16H16Cl2N2O3S. The molecule has 0 saturated heterocycles. The summed E-state index contributed by atoms with van der Waals surface area (Å²) >= 11 is 12.3. The third-order valence-electron chi connectivity index (χ3n) is 3.71. The molecule has 24 heavy (non-hydrogen) atoms. The number of nitrogens with two attached hydrogens (primary N) is 1. The van der Waals surface area contributed by atoms with E-state index in [1.165, 1.54) is 19.2 Å². The van der Waals surface area contributed by atoms with Crippen LogP contribution in [0.5, 0.6) is 0 Å². The van der Waals surface area contributed by atoms with Gasteiger partial charge in [-0.25, -0.2) is 8.42 Å². The average Bonchev–Trinajstić information content (AvgIpc) is 2.52. The number of hydrogen-bond acceptors (Lipinski definition) is 3. The predicted octanol–water partition coefficient (Wildman–Crippen LogP) is 3.53. The molecule has 0 aliphatic rings. The molecule has 0 spiro atoms. The molecule has 5 nitrogen and oxygen atoms in total. The smallest absolute Gasteiger partial charge is 0.265 e. The standard InChI is InChI=1S/C16H16Cl2N2O3S/c1-9-8-12(17)10(2)15(14(9)18)24(22,23)20(3)13-7-5-4-6-11(13)16(19)21/h4-8H,1-3H3,(H2,19,21). The number of halogens is 2. The van der Waals surface area contributed by atoms with Crippen molar-refractivity contribution in [1.82, 2.24) is 0 Å². The molecule has 0 aliphatic heterocycles. The number of benzene rings is 2. The largest absolute Gasteiger partial charge is 0.366 e. The van der Waals surface area contributed by atoms with Crippen LogP contribution >= 0.6 is 23.2 Å². The Morgan fingerprint density at radius 1 is 1.17 bits per heavy atom. The van der Waals surface area contributed by atoms with Gasteiger partial charge in [-0.05, 0) is 43.2 Å². The molecule has 0 atom stereocenters. The van der Waals surface area contributed by atoms with Gasteiger partial charge in [0.05, 0.1) is 16.3 Å². The molecule has 0 aromatic heterocycles. The minimum absolute atomic E-state index is 0.0871. The summed E-state index contributed by atoms with van der Waals surface area (Å²) in [5, 5.41) is 0.396. The summed E-state index contributed by atoms with van der Waals surface area (Å²) in [6, 6.07) is 7.78. The van der Waals surface area contributed by atoms with Gasteiger partial charge in [-0.1, -0.05) is 35.3 Å². The van der Waals surface area contributed by atoms with Gasteiger partial charge in [-0.15, -0.1) is 0 Å². The zero-order chi connectivity index (χ0) is 18.2. The number of rotatable bonds is 4. The molecule has 0 unspecified atom stereocenters. The monoisotopic (exact) mass is 386 g/mol. The average molecular weight is 387 g/mol. The van der Waals surface area contributed by atoms with Crippen molar-refractivity contribution < 1.29 is 13.2 Å². The summed E-state index contributed by atoms with van der Waals surface area (Å²) in [5.74, 6) is -0.724. The minimum Gasteiger partial charge on any atom is -0.366 e. The highest BCUT2D eigenvalue weighted by atomic mass is 35.5. The van der Waals surface area contributed by atoms with E-state index in [-0.39, 0.29) is 21.2 Å². The van der Waals surface area contributed by atoms with Crippen LogP contribution in [0, 0.1) is 13.8 Å². The summed E-state index contributed by atoms with van der Waals surface area (Å²) in [4.78, 5) is 11.5. The molecule has 128 valence electrons. The van der Waals surface area contributed by atoms with Crippen molar-refractivity contribution >= 4 is 44.8 Å². The van der Waals surface area contributed by atoms with E-state index >= 15 is 0 Å². The second kappa shape index (κ2) is 6.63. The van der Waals surface area contributed by atoms with Gasteiger partial charge in [0.2, 0.25) is 0 Å². The van der Waals surface area contributed by atoms with E-state index in [9.17, 15) is 13.2 Å². The molecule has 2 rings (SSSR count). The van der Waals surface area contributed by atoms with Crippen molar-refractivity contribution in [2.24, 2.45) is 5.73 Å². The Labute approximate surface area is 151 Å². The lowest BCUT2D eigenvalue weighted by molar-refractivity contribution is 0.100. The second-order valence-corrected chi connectivity index (χ2v) is 7.99. The highest BCUT2D eigenvalue weighted by Gasteiger charge is 2.30. The first kappa shape index (κ1) is 18.6. The van der Waals surface area contributed by atoms with E-state index in [1.807, 2.05) is 0 Å². The van der Waals surface area contributed by atoms with Crippen molar-refractivity contribution in [1.29, 1.82) is 0 Å². The van der Waals surface area contributed by atoms with Gasteiger partial charge < -0.3 is 5.73 Å². The number of carbonyl (C=O) groups excluding carboxylic acids is 1. The lowest BCUT2D eigenvalue weighted by atomic mass is 10.1. The Kier molecular flexibility index (Phi) is 5.13. The van der Waals surface area contributed by atoms with E-state index in [4.69, 9.17) is 28.9 Å². The van der Waals surface area contributed by atoms with E-state index in [0.717, 1.165) is 4.31 Å². The molecule has 0 aliphatic carbocycles. The van der Waals surface area contributed by atoms with Crippen LogP contribution in [0.1, 0.15) is 21.5 Å². The molecule has 1 amide bonds. The van der Waals surface area contributed by atoms with Gasteiger partial charge in [-0.2, -0.15) is 0 Å². The summed E-state index contributed by atoms with van der Waals surface area (Å²) < 4.78 is 27.2. The van der Waals surface area contributed by atoms with Crippen LogP contribution in [-0.2, 0) is 10.0 Å². The third kappa shape index (κ3) is 3.09. The first-order chi connectivity index (χ1) is 11.1. The lowest BCUT2D eigenvalue weighted by Gasteiger charge is -2.24. The quantitative estimate of drug-likeness (QED) is 0.872. The molecule has 2 aromatic rings. The van der Waals surface area contributed by atoms with Gasteiger partial charge in [0.1, 0.15) is 4.90 Å². The van der Waals surface area contributed by atoms with Crippen LogP contribution in [0.15, 0.2) is 35.2 Å². The second-order valence-electron chi connectivity index (χ2n) is 5.30. The number of amides is 1. The van der Waals surface area contributed by atoms with Crippen LogP contribution in [0.2, 0.25) is 10.0 Å². The van der Waals surface area contributed by atoms with Gasteiger partial charge in [0.15, 0.2) is 0 Å². The van der Waals surface area contributed by atoms with Gasteiger partial charge >= 0.3 is 0 Å². The molecule has 0 bridgehead atoms. The van der Waals surface area contributed by atoms with Crippen LogP contribution in [-0.4, -0.2) is 21.4 Å². The Balaban J connectivity index is 2.72. The van der Waals surface area contributed by atoms with Crippen molar-refractivity contribution in [3.8, 4) is 0 Å². The first-order valence-electron chi connectivity index (χ1n) is 6.92. The topological polar surface area (TPSA) is 80.5 Å². The van der Waals surface area contributed by atoms with E-state index < -0.39 is 15.9 Å². The molecule has 0 saturated carbocycles. The van der Waals surface area contributed by atoms with E-state index in [1.54, 1.807) is 32.0 Å². The fraction of sp³-hybridized carbons (Fsp3) is 0.188. The number of carbonyl (C=O) groups is 1. The lowest BCUT2D eigenvalue weighted by Crippen LogP contribution is -2.30. The van der Waals surface area contributed by atoms with Crippen molar-refractivity contribution in [3.63, 3.8) is 0 Å². The first-order valence-corrected chi connectivity index (χ1v) is 9.11. The summed E-state index contributed by atoms with van der Waals surface area (Å²) in [7, 11) is -2.71. The van der Waals surface area contributed by atoms with Crippen LogP contribution in [0.3, 0.4) is 0 Å². The van der Waals surface area contributed by atoms with Crippen LogP contribution in [0.25, 0.3) is 0 Å². The zero-order valence-corrected chi connectivity index (χ0v) is 15.6. The maximum absolute atomic E-state index is 13.1. The van der Waals surface area contributed by atoms with Gasteiger partial charge in [0, 0.05) is 12.1 Å². The van der Waals surface area contributed by atoms with Crippen LogP contribution < -0.4 is 10.0 Å². The summed E-state index contributed by atoms with van der Waals surface area (Å²) in [6.07, 6.45) is 0. The van der Waals surface area contributed by atoms with Crippen molar-refractivity contribution in [2.75, 3.05) is 11.4 Å². The molecular weight excluding hydrogens is 371 g/mol. The zero-order valence-electron chi connectivity index (χ0n) is 13.3. The van der Waals surface area contributed by atoms with Gasteiger partial charge in [0.25, 0.3) is 15.9 Å². The molecule has 8 heteroatoms. The third-order valence-corrected chi connectivity index (χ3v) is 6.65. The molecule has 0 fully saturated rings. The van der Waals surface area contributed by atoms with Gasteiger partial charge in [-0.3, -0.25) is 9.10 Å².